The van der Waals surface area contributed by atoms with Crippen LogP contribution in [-0.4, -0.2) is 17.5 Å². The number of hydrogen-bond donors (Lipinski definition) is 1. The Morgan fingerprint density at radius 2 is 2.00 bits per heavy atom. The normalized spacial score (nSPS) is 10.4. The van der Waals surface area contributed by atoms with E-state index in [1.54, 1.807) is 18.0 Å². The number of para-hydroxylation sites is 1. The van der Waals surface area contributed by atoms with Gasteiger partial charge >= 0.3 is 0 Å². The highest BCUT2D eigenvalue weighted by atomic mass is 16.2. The average Bonchev–Trinajstić information content (AvgIpc) is 2.79. The molecule has 100 valence electrons. The second-order valence-electron chi connectivity index (χ2n) is 4.55. The van der Waals surface area contributed by atoms with Crippen LogP contribution in [0.2, 0.25) is 0 Å². The van der Waals surface area contributed by atoms with Gasteiger partial charge in [0.05, 0.1) is 5.69 Å². The van der Waals surface area contributed by atoms with Crippen molar-refractivity contribution in [3.05, 3.63) is 48.3 Å². The van der Waals surface area contributed by atoms with E-state index in [0.717, 1.165) is 18.7 Å². The van der Waals surface area contributed by atoms with Crippen molar-refractivity contribution in [2.24, 2.45) is 0 Å². The molecule has 2 aromatic rings. The van der Waals surface area contributed by atoms with Gasteiger partial charge in [-0.05, 0) is 24.6 Å². The van der Waals surface area contributed by atoms with Crippen LogP contribution in [0.3, 0.4) is 0 Å². The van der Waals surface area contributed by atoms with Crippen LogP contribution in [0.15, 0.2) is 42.6 Å². The second-order valence-corrected chi connectivity index (χ2v) is 4.55. The smallest absolute Gasteiger partial charge is 0.274 e. The SMILES string of the molecule is CCCn1cc(N)cc1C(=O)N(C)c1ccccc1. The summed E-state index contributed by atoms with van der Waals surface area (Å²) in [6.07, 6.45) is 2.78. The Hall–Kier alpha value is -2.23. The minimum atomic E-state index is -0.0450. The second kappa shape index (κ2) is 5.61. The summed E-state index contributed by atoms with van der Waals surface area (Å²) >= 11 is 0. The zero-order valence-corrected chi connectivity index (χ0v) is 11.3. The predicted molar refractivity (Wildman–Crippen MR) is 78.3 cm³/mol. The number of aromatic nitrogens is 1. The Balaban J connectivity index is 2.29. The van der Waals surface area contributed by atoms with Crippen molar-refractivity contribution in [1.29, 1.82) is 0 Å². The maximum atomic E-state index is 12.5. The Kier molecular flexibility index (Phi) is 3.90. The number of nitrogens with two attached hydrogens (primary N) is 1. The number of hydrogen-bond acceptors (Lipinski definition) is 2. The van der Waals surface area contributed by atoms with Crippen molar-refractivity contribution in [3.63, 3.8) is 0 Å². The molecule has 0 atom stereocenters. The first-order valence-corrected chi connectivity index (χ1v) is 6.42. The maximum absolute atomic E-state index is 12.5. The van der Waals surface area contributed by atoms with Crippen LogP contribution in [0, 0.1) is 0 Å². The van der Waals surface area contributed by atoms with Gasteiger partial charge in [-0.2, -0.15) is 0 Å². The van der Waals surface area contributed by atoms with Gasteiger partial charge in [-0.25, -0.2) is 0 Å². The van der Waals surface area contributed by atoms with Crippen molar-refractivity contribution < 1.29 is 4.79 Å². The Morgan fingerprint density at radius 3 is 2.63 bits per heavy atom. The van der Waals surface area contributed by atoms with Crippen molar-refractivity contribution in [2.75, 3.05) is 17.7 Å². The summed E-state index contributed by atoms with van der Waals surface area (Å²) in [7, 11) is 1.77. The predicted octanol–water partition coefficient (Wildman–Crippen LogP) is 2.76. The van der Waals surface area contributed by atoms with Gasteiger partial charge in [0, 0.05) is 25.5 Å². The van der Waals surface area contributed by atoms with Gasteiger partial charge in [0.25, 0.3) is 5.91 Å². The zero-order chi connectivity index (χ0) is 13.8. The lowest BCUT2D eigenvalue weighted by Gasteiger charge is -2.18. The Bertz CT molecular complexity index is 560. The molecule has 0 saturated heterocycles. The van der Waals surface area contributed by atoms with Gasteiger partial charge in [0.2, 0.25) is 0 Å². The van der Waals surface area contributed by atoms with E-state index in [1.807, 2.05) is 41.1 Å². The van der Waals surface area contributed by atoms with E-state index in [0.29, 0.717) is 11.4 Å². The molecule has 1 heterocycles. The van der Waals surface area contributed by atoms with Crippen LogP contribution in [0.1, 0.15) is 23.8 Å². The van der Waals surface area contributed by atoms with Crippen LogP contribution < -0.4 is 10.6 Å². The molecule has 19 heavy (non-hydrogen) atoms. The molecule has 1 aromatic heterocycles. The van der Waals surface area contributed by atoms with E-state index >= 15 is 0 Å². The summed E-state index contributed by atoms with van der Waals surface area (Å²) in [5, 5.41) is 0. The van der Waals surface area contributed by atoms with E-state index < -0.39 is 0 Å². The van der Waals surface area contributed by atoms with Gasteiger partial charge in [-0.3, -0.25) is 4.79 Å². The van der Waals surface area contributed by atoms with Crippen LogP contribution in [0.4, 0.5) is 11.4 Å². The molecule has 0 aliphatic rings. The number of benzene rings is 1. The first-order valence-electron chi connectivity index (χ1n) is 6.42. The number of nitrogens with zero attached hydrogens (tertiary/aromatic N) is 2. The minimum absolute atomic E-state index is 0.0450. The standard InChI is InChI=1S/C15H19N3O/c1-3-9-18-11-12(16)10-14(18)15(19)17(2)13-7-5-4-6-8-13/h4-8,10-11H,3,9,16H2,1-2H3. The lowest BCUT2D eigenvalue weighted by Crippen LogP contribution is -2.28. The molecule has 0 bridgehead atoms. The molecule has 2 N–H and O–H groups in total. The maximum Gasteiger partial charge on any atom is 0.274 e. The molecule has 4 heteroatoms. The zero-order valence-electron chi connectivity index (χ0n) is 11.3. The summed E-state index contributed by atoms with van der Waals surface area (Å²) in [5.41, 5.74) is 7.92. The number of carbonyl (C=O) groups excluding carboxylic acids is 1. The molecule has 0 saturated carbocycles. The average molecular weight is 257 g/mol. The van der Waals surface area contributed by atoms with E-state index in [1.165, 1.54) is 0 Å². The molecule has 0 radical (unpaired) electrons. The molecular weight excluding hydrogens is 238 g/mol. The van der Waals surface area contributed by atoms with Crippen molar-refractivity contribution >= 4 is 17.3 Å². The largest absolute Gasteiger partial charge is 0.397 e. The van der Waals surface area contributed by atoms with Gasteiger partial charge < -0.3 is 15.2 Å². The van der Waals surface area contributed by atoms with Crippen molar-refractivity contribution in [3.8, 4) is 0 Å². The summed E-state index contributed by atoms with van der Waals surface area (Å²) in [5.74, 6) is -0.0450. The Morgan fingerprint density at radius 1 is 1.32 bits per heavy atom. The van der Waals surface area contributed by atoms with Crippen LogP contribution in [0.25, 0.3) is 0 Å². The summed E-state index contributed by atoms with van der Waals surface area (Å²) < 4.78 is 1.91. The highest BCUT2D eigenvalue weighted by molar-refractivity contribution is 6.05. The van der Waals surface area contributed by atoms with Crippen molar-refractivity contribution in [2.45, 2.75) is 19.9 Å². The monoisotopic (exact) mass is 257 g/mol. The molecule has 0 fully saturated rings. The summed E-state index contributed by atoms with van der Waals surface area (Å²) in [6, 6.07) is 11.3. The van der Waals surface area contributed by atoms with E-state index in [9.17, 15) is 4.79 Å². The first-order chi connectivity index (χ1) is 9.13. The number of rotatable bonds is 4. The summed E-state index contributed by atoms with van der Waals surface area (Å²) in [4.78, 5) is 14.1. The fourth-order valence-corrected chi connectivity index (χ4v) is 2.08. The van der Waals surface area contributed by atoms with Crippen LogP contribution in [-0.2, 0) is 6.54 Å². The van der Waals surface area contributed by atoms with E-state index in [2.05, 4.69) is 6.92 Å². The van der Waals surface area contributed by atoms with E-state index in [-0.39, 0.29) is 5.91 Å². The highest BCUT2D eigenvalue weighted by Crippen LogP contribution is 2.18. The highest BCUT2D eigenvalue weighted by Gasteiger charge is 2.17. The van der Waals surface area contributed by atoms with E-state index in [4.69, 9.17) is 5.73 Å². The number of anilines is 2. The van der Waals surface area contributed by atoms with Gasteiger partial charge in [-0.1, -0.05) is 25.1 Å². The molecule has 4 nitrogen and oxygen atoms in total. The van der Waals surface area contributed by atoms with Gasteiger partial charge in [-0.15, -0.1) is 0 Å². The molecule has 1 amide bonds. The number of carbonyl (C=O) groups is 1. The number of amides is 1. The third-order valence-corrected chi connectivity index (χ3v) is 3.05. The molecule has 2 rings (SSSR count). The first kappa shape index (κ1) is 13.2. The number of nitrogen functional groups attached to an aromatic ring is 1. The fourth-order valence-electron chi connectivity index (χ4n) is 2.08. The van der Waals surface area contributed by atoms with Gasteiger partial charge in [0.1, 0.15) is 5.69 Å². The topological polar surface area (TPSA) is 51.3 Å². The lowest BCUT2D eigenvalue weighted by atomic mass is 10.2. The molecule has 1 aromatic carbocycles. The van der Waals surface area contributed by atoms with Crippen LogP contribution >= 0.6 is 0 Å². The minimum Gasteiger partial charge on any atom is -0.397 e. The number of aryl methyl sites for hydroxylation is 1. The molecule has 0 aliphatic carbocycles. The quantitative estimate of drug-likeness (QED) is 0.915. The molecule has 0 spiro atoms. The third-order valence-electron chi connectivity index (χ3n) is 3.05. The molecule has 0 aliphatic heterocycles. The summed E-state index contributed by atoms with van der Waals surface area (Å²) in [6.45, 7) is 2.87. The Labute approximate surface area is 113 Å². The molecular formula is C15H19N3O. The fraction of sp³-hybridized carbons (Fsp3) is 0.267. The van der Waals surface area contributed by atoms with Crippen LogP contribution in [0.5, 0.6) is 0 Å². The van der Waals surface area contributed by atoms with Gasteiger partial charge in [0.15, 0.2) is 0 Å². The lowest BCUT2D eigenvalue weighted by molar-refractivity contribution is 0.0984. The third kappa shape index (κ3) is 2.78. The van der Waals surface area contributed by atoms with Crippen molar-refractivity contribution in [1.82, 2.24) is 4.57 Å². The molecule has 0 unspecified atom stereocenters.